The Balaban J connectivity index is 1.71. The Morgan fingerprint density at radius 2 is 2.05 bits per heavy atom. The molecule has 1 aliphatic rings. The van der Waals surface area contributed by atoms with Crippen LogP contribution in [0.25, 0.3) is 0 Å². The topological polar surface area (TPSA) is 67.4 Å². The first-order valence-electron chi connectivity index (χ1n) is 7.80. The molecule has 0 fully saturated rings. The summed E-state index contributed by atoms with van der Waals surface area (Å²) in [5.74, 6) is 1.12. The molecule has 0 unspecified atom stereocenters. The molecule has 0 saturated heterocycles. The van der Waals surface area contributed by atoms with Crippen LogP contribution in [0.3, 0.4) is 0 Å². The number of hydrogen-bond acceptors (Lipinski definition) is 4. The van der Waals surface area contributed by atoms with Crippen molar-refractivity contribution in [1.82, 2.24) is 10.0 Å². The maximum Gasteiger partial charge on any atom is 0.211 e. The summed E-state index contributed by atoms with van der Waals surface area (Å²) in [4.78, 5) is 0. The quantitative estimate of drug-likeness (QED) is 0.715. The van der Waals surface area contributed by atoms with Gasteiger partial charge in [-0.2, -0.15) is 0 Å². The fourth-order valence-corrected chi connectivity index (χ4v) is 3.21. The first-order chi connectivity index (χ1) is 10.3. The zero-order valence-electron chi connectivity index (χ0n) is 13.6. The number of rotatable bonds is 8. The van der Waals surface area contributed by atoms with Gasteiger partial charge in [-0.3, -0.25) is 0 Å². The van der Waals surface area contributed by atoms with E-state index in [9.17, 15) is 8.42 Å². The lowest BCUT2D eigenvalue weighted by Gasteiger charge is -2.16. The second-order valence-corrected chi connectivity index (χ2v) is 8.40. The molecule has 0 bridgehead atoms. The van der Waals surface area contributed by atoms with Gasteiger partial charge in [-0.25, -0.2) is 13.1 Å². The summed E-state index contributed by atoms with van der Waals surface area (Å²) in [6.07, 6.45) is 1.72. The third-order valence-electron chi connectivity index (χ3n) is 3.69. The fourth-order valence-electron chi connectivity index (χ4n) is 2.55. The Kier molecular flexibility index (Phi) is 5.47. The Morgan fingerprint density at radius 3 is 2.77 bits per heavy atom. The van der Waals surface area contributed by atoms with Crippen molar-refractivity contribution >= 4 is 10.0 Å². The molecule has 0 aromatic heterocycles. The van der Waals surface area contributed by atoms with Crippen LogP contribution in [0.2, 0.25) is 0 Å². The van der Waals surface area contributed by atoms with Gasteiger partial charge in [0, 0.05) is 19.5 Å². The Morgan fingerprint density at radius 1 is 1.27 bits per heavy atom. The molecule has 0 saturated carbocycles. The highest BCUT2D eigenvalue weighted by atomic mass is 32.2. The Labute approximate surface area is 133 Å². The second-order valence-electron chi connectivity index (χ2n) is 6.31. The molecule has 5 nitrogen and oxygen atoms in total. The number of sulfonamides is 1. The van der Waals surface area contributed by atoms with E-state index < -0.39 is 10.0 Å². The van der Waals surface area contributed by atoms with E-state index >= 15 is 0 Å². The van der Waals surface area contributed by atoms with E-state index in [1.807, 2.05) is 6.07 Å². The largest absolute Gasteiger partial charge is 0.487 e. The molecule has 0 radical (unpaired) electrons. The summed E-state index contributed by atoms with van der Waals surface area (Å²) in [5.41, 5.74) is 2.39. The summed E-state index contributed by atoms with van der Waals surface area (Å²) in [7, 11) is -3.07. The average molecular weight is 326 g/mol. The minimum absolute atomic E-state index is 0.106. The molecule has 2 rings (SSSR count). The highest BCUT2D eigenvalue weighted by Gasteiger charge is 2.29. The highest BCUT2D eigenvalue weighted by molar-refractivity contribution is 7.89. The Bertz CT molecular complexity index is 612. The lowest BCUT2D eigenvalue weighted by Crippen LogP contribution is -2.28. The predicted molar refractivity (Wildman–Crippen MR) is 88.6 cm³/mol. The van der Waals surface area contributed by atoms with Gasteiger partial charge in [0.15, 0.2) is 0 Å². The van der Waals surface area contributed by atoms with Crippen molar-refractivity contribution in [1.29, 1.82) is 0 Å². The number of fused-ring (bicyclic) bond motifs is 1. The molecule has 1 aromatic rings. The Hall–Kier alpha value is -1.11. The summed E-state index contributed by atoms with van der Waals surface area (Å²) in [5, 5.41) is 3.34. The van der Waals surface area contributed by atoms with Crippen molar-refractivity contribution in [3.63, 3.8) is 0 Å². The minimum Gasteiger partial charge on any atom is -0.487 e. The average Bonchev–Trinajstić information content (AvgIpc) is 2.75. The van der Waals surface area contributed by atoms with E-state index in [-0.39, 0.29) is 11.4 Å². The van der Waals surface area contributed by atoms with Crippen LogP contribution in [0.15, 0.2) is 18.2 Å². The predicted octanol–water partition coefficient (Wildman–Crippen LogP) is 1.82. The first-order valence-corrected chi connectivity index (χ1v) is 9.45. The standard InChI is InChI=1S/C16H26N2O3S/c1-4-22(19,20)18-9-5-8-17-12-13-6-7-15-14(10-13)11-16(2,3)21-15/h6-7,10,17-18H,4-5,8-9,11-12H2,1-3H3. The van der Waals surface area contributed by atoms with E-state index in [2.05, 4.69) is 36.0 Å². The summed E-state index contributed by atoms with van der Waals surface area (Å²) >= 11 is 0. The van der Waals surface area contributed by atoms with Crippen LogP contribution in [0.4, 0.5) is 0 Å². The van der Waals surface area contributed by atoms with Gasteiger partial charge < -0.3 is 10.1 Å². The van der Waals surface area contributed by atoms with Crippen molar-refractivity contribution in [3.05, 3.63) is 29.3 Å². The summed E-state index contributed by atoms with van der Waals surface area (Å²) < 4.78 is 31.0. The van der Waals surface area contributed by atoms with Crippen molar-refractivity contribution in [3.8, 4) is 5.75 Å². The molecule has 6 heteroatoms. The zero-order valence-corrected chi connectivity index (χ0v) is 14.4. The lowest BCUT2D eigenvalue weighted by atomic mass is 10.0. The van der Waals surface area contributed by atoms with Gasteiger partial charge in [0.2, 0.25) is 10.0 Å². The third-order valence-corrected chi connectivity index (χ3v) is 5.09. The molecular formula is C16H26N2O3S. The lowest BCUT2D eigenvalue weighted by molar-refractivity contribution is 0.138. The van der Waals surface area contributed by atoms with Crippen LogP contribution in [0.1, 0.15) is 38.3 Å². The van der Waals surface area contributed by atoms with E-state index in [1.54, 1.807) is 6.92 Å². The van der Waals surface area contributed by atoms with Gasteiger partial charge >= 0.3 is 0 Å². The minimum atomic E-state index is -3.07. The van der Waals surface area contributed by atoms with Crippen LogP contribution < -0.4 is 14.8 Å². The van der Waals surface area contributed by atoms with Crippen molar-refractivity contribution < 1.29 is 13.2 Å². The SMILES string of the molecule is CCS(=O)(=O)NCCCNCc1ccc2c(c1)CC(C)(C)O2. The molecular weight excluding hydrogens is 300 g/mol. The number of ether oxygens (including phenoxy) is 1. The van der Waals surface area contributed by atoms with Crippen LogP contribution in [-0.2, 0) is 23.0 Å². The maximum atomic E-state index is 11.3. The summed E-state index contributed by atoms with van der Waals surface area (Å²) in [6, 6.07) is 6.31. The first kappa shape index (κ1) is 17.2. The molecule has 1 aliphatic heterocycles. The molecule has 2 N–H and O–H groups in total. The van der Waals surface area contributed by atoms with E-state index in [0.717, 1.165) is 31.7 Å². The number of hydrogen-bond donors (Lipinski definition) is 2. The maximum absolute atomic E-state index is 11.3. The molecule has 1 heterocycles. The monoisotopic (exact) mass is 326 g/mol. The van der Waals surface area contributed by atoms with E-state index in [1.165, 1.54) is 11.1 Å². The molecule has 0 aliphatic carbocycles. The van der Waals surface area contributed by atoms with Crippen LogP contribution in [-0.4, -0.2) is 32.9 Å². The molecule has 0 atom stereocenters. The van der Waals surface area contributed by atoms with Gasteiger partial charge in [0.25, 0.3) is 0 Å². The molecule has 124 valence electrons. The normalized spacial score (nSPS) is 16.3. The summed E-state index contributed by atoms with van der Waals surface area (Å²) in [6.45, 7) is 7.89. The highest BCUT2D eigenvalue weighted by Crippen LogP contribution is 2.35. The fraction of sp³-hybridized carbons (Fsp3) is 0.625. The van der Waals surface area contributed by atoms with Crippen LogP contribution in [0.5, 0.6) is 5.75 Å². The van der Waals surface area contributed by atoms with Crippen molar-refractivity contribution in [2.75, 3.05) is 18.8 Å². The van der Waals surface area contributed by atoms with Gasteiger partial charge in [-0.15, -0.1) is 0 Å². The van der Waals surface area contributed by atoms with Gasteiger partial charge in [-0.05, 0) is 50.9 Å². The molecule has 1 aromatic carbocycles. The van der Waals surface area contributed by atoms with Crippen molar-refractivity contribution in [2.24, 2.45) is 0 Å². The number of benzene rings is 1. The van der Waals surface area contributed by atoms with Gasteiger partial charge in [0.05, 0.1) is 5.75 Å². The number of nitrogens with one attached hydrogen (secondary N) is 2. The zero-order chi connectivity index (χ0) is 16.2. The smallest absolute Gasteiger partial charge is 0.211 e. The van der Waals surface area contributed by atoms with Crippen molar-refractivity contribution in [2.45, 2.75) is 45.8 Å². The van der Waals surface area contributed by atoms with E-state index in [4.69, 9.17) is 4.74 Å². The second kappa shape index (κ2) is 6.98. The van der Waals surface area contributed by atoms with Gasteiger partial charge in [0.1, 0.15) is 11.4 Å². The third kappa shape index (κ3) is 4.97. The molecule has 22 heavy (non-hydrogen) atoms. The van der Waals surface area contributed by atoms with E-state index in [0.29, 0.717) is 6.54 Å². The van der Waals surface area contributed by atoms with Gasteiger partial charge in [-0.1, -0.05) is 12.1 Å². The van der Waals surface area contributed by atoms with Crippen LogP contribution in [0, 0.1) is 0 Å². The molecule has 0 amide bonds. The molecule has 0 spiro atoms. The van der Waals surface area contributed by atoms with Crippen LogP contribution >= 0.6 is 0 Å².